The Bertz CT molecular complexity index is 287. The minimum absolute atomic E-state index is 0.623. The van der Waals surface area contributed by atoms with E-state index in [9.17, 15) is 5.11 Å². The van der Waals surface area contributed by atoms with E-state index in [0.29, 0.717) is 13.2 Å². The van der Waals surface area contributed by atoms with Crippen LogP contribution in [0.15, 0.2) is 11.4 Å². The van der Waals surface area contributed by atoms with Gasteiger partial charge in [-0.3, -0.25) is 0 Å². The first-order chi connectivity index (χ1) is 6.22. The van der Waals surface area contributed by atoms with Crippen molar-refractivity contribution < 1.29 is 9.84 Å². The molecule has 1 aliphatic heterocycles. The molecule has 0 aliphatic carbocycles. The second kappa shape index (κ2) is 3.40. The molecular weight excluding hydrogens is 184 g/mol. The number of thiophene rings is 1. The van der Waals surface area contributed by atoms with Crippen LogP contribution in [-0.4, -0.2) is 18.3 Å². The Morgan fingerprint density at radius 2 is 2.15 bits per heavy atom. The summed E-state index contributed by atoms with van der Waals surface area (Å²) in [5.74, 6) is 0. The highest BCUT2D eigenvalue weighted by molar-refractivity contribution is 7.10. The summed E-state index contributed by atoms with van der Waals surface area (Å²) >= 11 is 1.70. The molecule has 72 valence electrons. The third-order valence-corrected chi connectivity index (χ3v) is 3.53. The van der Waals surface area contributed by atoms with Gasteiger partial charge in [-0.1, -0.05) is 0 Å². The van der Waals surface area contributed by atoms with E-state index in [1.807, 2.05) is 11.4 Å². The highest BCUT2D eigenvalue weighted by Crippen LogP contribution is 2.35. The molecule has 1 aromatic rings. The summed E-state index contributed by atoms with van der Waals surface area (Å²) in [5, 5.41) is 12.4. The van der Waals surface area contributed by atoms with Gasteiger partial charge < -0.3 is 9.84 Å². The maximum absolute atomic E-state index is 10.3. The predicted molar refractivity (Wildman–Crippen MR) is 53.0 cm³/mol. The highest BCUT2D eigenvalue weighted by Gasteiger charge is 2.33. The average Bonchev–Trinajstić information content (AvgIpc) is 2.53. The molecule has 13 heavy (non-hydrogen) atoms. The van der Waals surface area contributed by atoms with Crippen molar-refractivity contribution in [1.82, 2.24) is 0 Å². The lowest BCUT2D eigenvalue weighted by Crippen LogP contribution is -2.33. The molecule has 0 bridgehead atoms. The van der Waals surface area contributed by atoms with Gasteiger partial charge in [-0.15, -0.1) is 11.3 Å². The van der Waals surface area contributed by atoms with Gasteiger partial charge in [-0.25, -0.2) is 0 Å². The fourth-order valence-corrected chi connectivity index (χ4v) is 2.64. The van der Waals surface area contributed by atoms with Crippen molar-refractivity contribution in [2.24, 2.45) is 0 Å². The van der Waals surface area contributed by atoms with Crippen molar-refractivity contribution in [2.75, 3.05) is 13.2 Å². The molecule has 3 heteroatoms. The topological polar surface area (TPSA) is 29.5 Å². The van der Waals surface area contributed by atoms with Gasteiger partial charge in [0.25, 0.3) is 0 Å². The second-order valence-electron chi connectivity index (χ2n) is 3.53. The van der Waals surface area contributed by atoms with E-state index in [1.54, 1.807) is 11.3 Å². The lowest BCUT2D eigenvalue weighted by Gasteiger charge is -2.32. The van der Waals surface area contributed by atoms with E-state index < -0.39 is 5.60 Å². The van der Waals surface area contributed by atoms with Gasteiger partial charge in [0, 0.05) is 30.9 Å². The van der Waals surface area contributed by atoms with Crippen molar-refractivity contribution in [3.63, 3.8) is 0 Å². The van der Waals surface area contributed by atoms with Crippen molar-refractivity contribution in [2.45, 2.75) is 25.4 Å². The molecule has 0 saturated carbocycles. The van der Waals surface area contributed by atoms with Gasteiger partial charge in [0.1, 0.15) is 0 Å². The van der Waals surface area contributed by atoms with E-state index in [0.717, 1.165) is 18.4 Å². The van der Waals surface area contributed by atoms with Crippen LogP contribution >= 0.6 is 11.3 Å². The van der Waals surface area contributed by atoms with E-state index in [1.165, 1.54) is 4.88 Å². The highest BCUT2D eigenvalue weighted by atomic mass is 32.1. The van der Waals surface area contributed by atoms with Crippen molar-refractivity contribution in [3.05, 3.63) is 21.9 Å². The molecule has 0 atom stereocenters. The molecule has 1 fully saturated rings. The van der Waals surface area contributed by atoms with Crippen molar-refractivity contribution >= 4 is 11.3 Å². The maximum atomic E-state index is 10.3. The fraction of sp³-hybridized carbons (Fsp3) is 0.600. The molecule has 2 heterocycles. The summed E-state index contributed by atoms with van der Waals surface area (Å²) in [7, 11) is 0. The van der Waals surface area contributed by atoms with E-state index in [4.69, 9.17) is 4.74 Å². The van der Waals surface area contributed by atoms with Crippen molar-refractivity contribution in [3.8, 4) is 0 Å². The van der Waals surface area contributed by atoms with E-state index >= 15 is 0 Å². The van der Waals surface area contributed by atoms with Gasteiger partial charge in [0.15, 0.2) is 0 Å². The lowest BCUT2D eigenvalue weighted by atomic mass is 9.87. The number of aliphatic hydroxyl groups is 1. The zero-order chi connectivity index (χ0) is 9.31. The van der Waals surface area contributed by atoms with Crippen LogP contribution in [0.25, 0.3) is 0 Å². The number of aryl methyl sites for hydroxylation is 1. The summed E-state index contributed by atoms with van der Waals surface area (Å²) in [6, 6.07) is 2.03. The van der Waals surface area contributed by atoms with Crippen molar-refractivity contribution in [1.29, 1.82) is 0 Å². The van der Waals surface area contributed by atoms with Gasteiger partial charge in [0.05, 0.1) is 5.60 Å². The van der Waals surface area contributed by atoms with Crippen LogP contribution in [0.1, 0.15) is 23.3 Å². The Labute approximate surface area is 82.2 Å². The van der Waals surface area contributed by atoms with Crippen LogP contribution in [0.2, 0.25) is 0 Å². The Morgan fingerprint density at radius 3 is 2.69 bits per heavy atom. The molecule has 2 nitrogen and oxygen atoms in total. The molecule has 0 amide bonds. The fourth-order valence-electron chi connectivity index (χ4n) is 1.85. The lowest BCUT2D eigenvalue weighted by molar-refractivity contribution is -0.0679. The quantitative estimate of drug-likeness (QED) is 0.748. The first-order valence-corrected chi connectivity index (χ1v) is 5.45. The molecule has 0 spiro atoms. The van der Waals surface area contributed by atoms with Gasteiger partial charge in [-0.05, 0) is 23.9 Å². The van der Waals surface area contributed by atoms with E-state index in [2.05, 4.69) is 6.92 Å². The first kappa shape index (κ1) is 9.19. The zero-order valence-corrected chi connectivity index (χ0v) is 8.56. The second-order valence-corrected chi connectivity index (χ2v) is 4.65. The summed E-state index contributed by atoms with van der Waals surface area (Å²) < 4.78 is 5.25. The molecule has 0 radical (unpaired) electrons. The Balaban J connectivity index is 2.27. The third-order valence-electron chi connectivity index (χ3n) is 2.68. The van der Waals surface area contributed by atoms with Crippen LogP contribution < -0.4 is 0 Å². The first-order valence-electron chi connectivity index (χ1n) is 4.57. The summed E-state index contributed by atoms with van der Waals surface area (Å²) in [6.07, 6.45) is 1.45. The monoisotopic (exact) mass is 198 g/mol. The molecule has 1 saturated heterocycles. The largest absolute Gasteiger partial charge is 0.385 e. The molecule has 0 aromatic carbocycles. The van der Waals surface area contributed by atoms with E-state index in [-0.39, 0.29) is 0 Å². The molecular formula is C10H14O2S. The summed E-state index contributed by atoms with van der Waals surface area (Å²) in [6.45, 7) is 3.41. The SMILES string of the molecule is Cc1sccc1C1(O)CCOCC1. The molecule has 1 N–H and O–H groups in total. The molecule has 1 aromatic heterocycles. The number of hydrogen-bond acceptors (Lipinski definition) is 3. The van der Waals surface area contributed by atoms with Crippen LogP contribution in [0.3, 0.4) is 0 Å². The minimum Gasteiger partial charge on any atom is -0.385 e. The standard InChI is InChI=1S/C10H14O2S/c1-8-9(2-7-13-8)10(11)3-5-12-6-4-10/h2,7,11H,3-6H2,1H3. The number of rotatable bonds is 1. The number of ether oxygens (including phenoxy) is 1. The van der Waals surface area contributed by atoms with Crippen LogP contribution in [0.4, 0.5) is 0 Å². The molecule has 0 unspecified atom stereocenters. The molecule has 2 rings (SSSR count). The predicted octanol–water partition coefficient (Wildman–Crippen LogP) is 2.05. The van der Waals surface area contributed by atoms with Gasteiger partial charge >= 0.3 is 0 Å². The summed E-state index contributed by atoms with van der Waals surface area (Å²) in [4.78, 5) is 1.23. The van der Waals surface area contributed by atoms with Crippen LogP contribution in [0.5, 0.6) is 0 Å². The smallest absolute Gasteiger partial charge is 0.0951 e. The van der Waals surface area contributed by atoms with Crippen LogP contribution in [0, 0.1) is 6.92 Å². The Hall–Kier alpha value is -0.380. The zero-order valence-electron chi connectivity index (χ0n) is 7.75. The summed E-state index contributed by atoms with van der Waals surface area (Å²) in [5.41, 5.74) is 0.475. The maximum Gasteiger partial charge on any atom is 0.0951 e. The normalized spacial score (nSPS) is 21.7. The average molecular weight is 198 g/mol. The third kappa shape index (κ3) is 1.64. The van der Waals surface area contributed by atoms with Gasteiger partial charge in [-0.2, -0.15) is 0 Å². The van der Waals surface area contributed by atoms with Gasteiger partial charge in [0.2, 0.25) is 0 Å². The number of hydrogen-bond donors (Lipinski definition) is 1. The Morgan fingerprint density at radius 1 is 1.46 bits per heavy atom. The van der Waals surface area contributed by atoms with Crippen LogP contribution in [-0.2, 0) is 10.3 Å². The molecule has 1 aliphatic rings. The Kier molecular flexibility index (Phi) is 2.41. The minimum atomic E-state index is -0.623.